The fourth-order valence-corrected chi connectivity index (χ4v) is 3.80. The Balaban J connectivity index is 1.98. The first-order chi connectivity index (χ1) is 18.1. The van der Waals surface area contributed by atoms with Crippen LogP contribution in [0.3, 0.4) is 0 Å². The summed E-state index contributed by atoms with van der Waals surface area (Å²) >= 11 is 5.85. The number of rotatable bonds is 9. The van der Waals surface area contributed by atoms with E-state index in [1.165, 1.54) is 12.1 Å². The van der Waals surface area contributed by atoms with Crippen LogP contribution in [0.25, 0.3) is 11.1 Å². The highest BCUT2D eigenvalue weighted by molar-refractivity contribution is 6.30. The minimum Gasteiger partial charge on any atom is -0.506 e. The topological polar surface area (TPSA) is 284 Å². The Morgan fingerprint density at radius 1 is 0.821 bits per heavy atom. The molecule has 15 nitrogen and oxygen atoms in total. The molecule has 0 saturated heterocycles. The van der Waals surface area contributed by atoms with Crippen molar-refractivity contribution >= 4 is 23.3 Å². The van der Waals surface area contributed by atoms with Crippen LogP contribution < -0.4 is 10.6 Å². The highest BCUT2D eigenvalue weighted by Crippen LogP contribution is 2.60. The predicted molar refractivity (Wildman–Crippen MR) is 132 cm³/mol. The molecule has 0 saturated carbocycles. The van der Waals surface area contributed by atoms with E-state index in [-0.39, 0.29) is 0 Å². The van der Waals surface area contributed by atoms with E-state index in [4.69, 9.17) is 11.6 Å². The van der Waals surface area contributed by atoms with Crippen LogP contribution in [0.1, 0.15) is 22.0 Å². The van der Waals surface area contributed by atoms with Gasteiger partial charge in [0.05, 0.1) is 23.8 Å². The molecule has 3 aromatic rings. The maximum Gasteiger partial charge on any atom is 0.343 e. The average molecular weight is 571 g/mol. The van der Waals surface area contributed by atoms with Crippen molar-refractivity contribution in [2.24, 2.45) is 0 Å². The van der Waals surface area contributed by atoms with E-state index in [9.17, 15) is 66.1 Å². The van der Waals surface area contributed by atoms with E-state index >= 15 is 0 Å². The first kappa shape index (κ1) is 29.0. The second-order valence-electron chi connectivity index (χ2n) is 8.22. The van der Waals surface area contributed by atoms with E-state index in [1.807, 2.05) is 0 Å². The molecule has 0 fully saturated rings. The number of aliphatic hydroxyl groups excluding tert-OH is 1. The molecule has 210 valence electrons. The monoisotopic (exact) mass is 570 g/mol. The third kappa shape index (κ3) is 5.52. The number of halogens is 1. The second kappa shape index (κ2) is 10.7. The van der Waals surface area contributed by atoms with E-state index in [2.05, 4.69) is 10.6 Å². The summed E-state index contributed by atoms with van der Waals surface area (Å²) < 4.78 is 0. The summed E-state index contributed by atoms with van der Waals surface area (Å²) in [6, 6.07) is 6.06. The van der Waals surface area contributed by atoms with Crippen molar-refractivity contribution in [3.63, 3.8) is 0 Å². The number of aromatic carboxylic acids is 1. The molecule has 3 rings (SSSR count). The van der Waals surface area contributed by atoms with Gasteiger partial charge in [-0.15, -0.1) is 0 Å². The van der Waals surface area contributed by atoms with Crippen molar-refractivity contribution in [2.75, 3.05) is 18.4 Å². The molecule has 1 unspecified atom stereocenters. The van der Waals surface area contributed by atoms with Gasteiger partial charge < -0.3 is 66.6 Å². The zero-order valence-corrected chi connectivity index (χ0v) is 20.2. The average Bonchev–Trinajstić information content (AvgIpc) is 2.86. The Morgan fingerprint density at radius 3 is 1.95 bits per heavy atom. The quantitative estimate of drug-likeness (QED) is 0.0957. The molecule has 16 heteroatoms. The van der Waals surface area contributed by atoms with Gasteiger partial charge in [0.2, 0.25) is 17.4 Å². The molecular weight excluding hydrogens is 548 g/mol. The Bertz CT molecular complexity index is 1440. The van der Waals surface area contributed by atoms with Crippen molar-refractivity contribution in [1.29, 1.82) is 0 Å². The van der Waals surface area contributed by atoms with Crippen LogP contribution in [0.5, 0.6) is 46.0 Å². The lowest BCUT2D eigenvalue weighted by Gasteiger charge is -2.26. The van der Waals surface area contributed by atoms with Gasteiger partial charge in [-0.25, -0.2) is 4.79 Å². The summed E-state index contributed by atoms with van der Waals surface area (Å²) in [6.45, 7) is -1.43. The van der Waals surface area contributed by atoms with Gasteiger partial charge in [0.1, 0.15) is 17.0 Å². The number of hydrogen-bond donors (Lipinski definition) is 14. The number of aromatic hydroxyl groups is 8. The Hall–Kier alpha value is -4.54. The summed E-state index contributed by atoms with van der Waals surface area (Å²) in [5.74, 6) is -16.1. The van der Waals surface area contributed by atoms with Crippen molar-refractivity contribution in [3.05, 3.63) is 40.4 Å². The van der Waals surface area contributed by atoms with Gasteiger partial charge in [0.25, 0.3) is 0 Å². The Labute approximate surface area is 222 Å². The van der Waals surface area contributed by atoms with E-state index in [0.29, 0.717) is 10.6 Å². The fraction of sp³-hybridized carbons (Fsp3) is 0.174. The Morgan fingerprint density at radius 2 is 1.38 bits per heavy atom. The molecule has 0 aliphatic heterocycles. The first-order valence-corrected chi connectivity index (χ1v) is 11.1. The van der Waals surface area contributed by atoms with Gasteiger partial charge in [-0.05, 0) is 17.7 Å². The number of benzene rings is 3. The molecule has 0 aromatic heterocycles. The minimum atomic E-state index is -2.86. The normalized spacial score (nSPS) is 12.3. The molecule has 0 amide bonds. The number of aliphatic hydroxyl groups is 3. The maximum absolute atomic E-state index is 11.5. The summed E-state index contributed by atoms with van der Waals surface area (Å²) in [5.41, 5.74) is -4.26. The lowest BCUT2D eigenvalue weighted by Crippen LogP contribution is -2.51. The van der Waals surface area contributed by atoms with Crippen molar-refractivity contribution in [3.8, 4) is 57.1 Å². The van der Waals surface area contributed by atoms with Crippen LogP contribution in [0.15, 0.2) is 24.3 Å². The lowest BCUT2D eigenvalue weighted by atomic mass is 9.95. The lowest BCUT2D eigenvalue weighted by molar-refractivity contribution is -0.176. The predicted octanol–water partition coefficient (Wildman–Crippen LogP) is 0.723. The molecule has 0 radical (unpaired) electrons. The number of phenolic OH excluding ortho intramolecular Hbond substituents is 6. The molecule has 0 heterocycles. The number of anilines is 1. The largest absolute Gasteiger partial charge is 0.506 e. The van der Waals surface area contributed by atoms with Crippen molar-refractivity contribution in [2.45, 2.75) is 12.0 Å². The van der Waals surface area contributed by atoms with E-state index in [1.54, 1.807) is 12.1 Å². The summed E-state index contributed by atoms with van der Waals surface area (Å²) in [4.78, 5) is 11.5. The SMILES string of the molecule is O=C(O)c1c(O)c(O)c(O)c(-c2c(O)c(O)c(O)c(NCC(O)(O)NCC(O)c3cccc(Cl)c3)c2O)c1O. The van der Waals surface area contributed by atoms with Crippen LogP contribution in [-0.2, 0) is 0 Å². The van der Waals surface area contributed by atoms with E-state index < -0.39 is 99.4 Å². The first-order valence-electron chi connectivity index (χ1n) is 10.7. The summed E-state index contributed by atoms with van der Waals surface area (Å²) in [6.07, 6.45) is -1.26. The summed E-state index contributed by atoms with van der Waals surface area (Å²) in [7, 11) is 0. The van der Waals surface area contributed by atoms with Crippen LogP contribution in [0.2, 0.25) is 5.02 Å². The molecule has 14 N–H and O–H groups in total. The number of carbonyl (C=O) groups is 1. The van der Waals surface area contributed by atoms with Gasteiger partial charge >= 0.3 is 5.97 Å². The molecule has 0 spiro atoms. The van der Waals surface area contributed by atoms with Gasteiger partial charge in [0.15, 0.2) is 28.7 Å². The minimum absolute atomic E-state index is 0.316. The third-order valence-corrected chi connectivity index (χ3v) is 5.81. The van der Waals surface area contributed by atoms with Gasteiger partial charge in [-0.2, -0.15) is 0 Å². The Kier molecular flexibility index (Phi) is 7.95. The smallest absolute Gasteiger partial charge is 0.343 e. The fourth-order valence-electron chi connectivity index (χ4n) is 3.61. The van der Waals surface area contributed by atoms with Crippen molar-refractivity contribution in [1.82, 2.24) is 5.32 Å². The zero-order valence-electron chi connectivity index (χ0n) is 19.5. The highest BCUT2D eigenvalue weighted by atomic mass is 35.5. The second-order valence-corrected chi connectivity index (χ2v) is 8.65. The van der Waals surface area contributed by atoms with Gasteiger partial charge in [-0.1, -0.05) is 23.7 Å². The number of hydrogen-bond acceptors (Lipinski definition) is 14. The number of carboxylic acid groups (broad SMARTS) is 1. The standard InChI is InChI=1S/C23H23ClN2O13/c24-8-3-1-2-7(4-8)9(27)5-26-23(38,39)6-25-13-15(29)11(17(31)21(35)19(13)33)10-14(28)12(22(36)37)18(32)20(34)16(10)30/h1-4,9,25-35,38-39H,5-6H2,(H,36,37). The molecule has 39 heavy (non-hydrogen) atoms. The molecular formula is C23H23ClN2O13. The maximum atomic E-state index is 11.5. The molecule has 0 bridgehead atoms. The van der Waals surface area contributed by atoms with E-state index in [0.717, 1.165) is 0 Å². The third-order valence-electron chi connectivity index (χ3n) is 5.58. The van der Waals surface area contributed by atoms with Crippen LogP contribution in [0, 0.1) is 0 Å². The van der Waals surface area contributed by atoms with Gasteiger partial charge in [0, 0.05) is 11.6 Å². The molecule has 1 atom stereocenters. The van der Waals surface area contributed by atoms with Gasteiger partial charge in [-0.3, -0.25) is 5.32 Å². The zero-order chi connectivity index (χ0) is 29.4. The molecule has 3 aromatic carbocycles. The van der Waals surface area contributed by atoms with Crippen LogP contribution in [-0.4, -0.2) is 86.2 Å². The number of carboxylic acids is 1. The van der Waals surface area contributed by atoms with Crippen LogP contribution >= 0.6 is 11.6 Å². The molecule has 0 aliphatic rings. The van der Waals surface area contributed by atoms with Crippen molar-refractivity contribution < 1.29 is 66.1 Å². The highest BCUT2D eigenvalue weighted by Gasteiger charge is 2.35. The van der Waals surface area contributed by atoms with Crippen LogP contribution in [0.4, 0.5) is 5.69 Å². The molecule has 0 aliphatic carbocycles. The number of phenols is 8. The summed E-state index contributed by atoms with van der Waals surface area (Å²) in [5, 5.41) is 126. The number of nitrogens with one attached hydrogen (secondary N) is 2.